The number of thioether (sulfide) groups is 1. The van der Waals surface area contributed by atoms with E-state index in [4.69, 9.17) is 9.84 Å². The van der Waals surface area contributed by atoms with Crippen LogP contribution in [0.1, 0.15) is 34.7 Å². The summed E-state index contributed by atoms with van der Waals surface area (Å²) in [5.41, 5.74) is 2.97. The third-order valence-corrected chi connectivity index (χ3v) is 6.86. The van der Waals surface area contributed by atoms with Gasteiger partial charge in [-0.2, -0.15) is 8.78 Å². The van der Waals surface area contributed by atoms with Crippen molar-refractivity contribution < 1.29 is 23.4 Å². The van der Waals surface area contributed by atoms with Crippen molar-refractivity contribution >= 4 is 38.6 Å². The highest BCUT2D eigenvalue weighted by atomic mass is 32.2. The summed E-state index contributed by atoms with van der Waals surface area (Å²) in [5, 5.41) is 8.81. The summed E-state index contributed by atoms with van der Waals surface area (Å²) in [5.74, 6) is 0.181. The highest BCUT2D eigenvalue weighted by Crippen LogP contribution is 2.36. The Balaban J connectivity index is 1.87. The number of ether oxygens (including phenoxy) is 1. The van der Waals surface area contributed by atoms with E-state index < -0.39 is 11.6 Å². The van der Waals surface area contributed by atoms with Crippen LogP contribution in [0, 0.1) is 13.8 Å². The lowest BCUT2D eigenvalue weighted by atomic mass is 9.95. The summed E-state index contributed by atoms with van der Waals surface area (Å²) in [7, 11) is 1.58. The van der Waals surface area contributed by atoms with Crippen molar-refractivity contribution in [3.63, 3.8) is 0 Å². The smallest absolute Gasteiger partial charge is 0.341 e. The first-order chi connectivity index (χ1) is 17.0. The van der Waals surface area contributed by atoms with Gasteiger partial charge in [0.15, 0.2) is 6.61 Å². The molecule has 0 saturated carbocycles. The van der Waals surface area contributed by atoms with Crippen LogP contribution in [0.4, 0.5) is 8.78 Å². The lowest BCUT2D eigenvalue weighted by molar-refractivity contribution is -0.139. The topological polar surface area (TPSA) is 46.5 Å². The fourth-order valence-electron chi connectivity index (χ4n) is 3.67. The minimum atomic E-state index is -2.97. The third-order valence-electron chi connectivity index (χ3n) is 5.60. The Labute approximate surface area is 217 Å². The molecule has 0 fully saturated rings. The van der Waals surface area contributed by atoms with Gasteiger partial charge in [-0.1, -0.05) is 69.9 Å². The molecule has 7 heteroatoms. The Morgan fingerprint density at radius 2 is 1.75 bits per heavy atom. The van der Waals surface area contributed by atoms with Crippen LogP contribution in [0.5, 0.6) is 5.75 Å². The zero-order valence-corrected chi connectivity index (χ0v) is 22.4. The summed E-state index contributed by atoms with van der Waals surface area (Å²) in [6, 6.07) is 20.1. The second-order valence-electron chi connectivity index (χ2n) is 8.42. The zero-order valence-electron chi connectivity index (χ0n) is 20.4. The Kier molecular flexibility index (Phi) is 9.47. The van der Waals surface area contributed by atoms with Gasteiger partial charge in [0.05, 0.1) is 0 Å². The molecule has 0 radical (unpaired) electrons. The number of hydrogen-bond donors (Lipinski definition) is 1. The van der Waals surface area contributed by atoms with E-state index in [9.17, 15) is 13.6 Å². The molecule has 3 rings (SSSR count). The summed E-state index contributed by atoms with van der Waals surface area (Å²) in [6.45, 7) is 5.58. The predicted molar refractivity (Wildman–Crippen MR) is 148 cm³/mol. The number of rotatable bonds is 10. The average molecular weight is 527 g/mol. The first kappa shape index (κ1) is 27.6. The van der Waals surface area contributed by atoms with Gasteiger partial charge in [-0.05, 0) is 72.4 Å². The molecule has 1 unspecified atom stereocenters. The number of benzene rings is 3. The first-order valence-electron chi connectivity index (χ1n) is 11.3. The number of alkyl halides is 2. The fourth-order valence-corrected chi connectivity index (χ4v) is 4.73. The van der Waals surface area contributed by atoms with Crippen molar-refractivity contribution in [2.45, 2.75) is 31.3 Å². The maximum atomic E-state index is 13.7. The monoisotopic (exact) mass is 526 g/mol. The van der Waals surface area contributed by atoms with E-state index in [-0.39, 0.29) is 12.2 Å². The Bertz CT molecular complexity index is 1280. The molecule has 0 aliphatic carbocycles. The number of carbonyl (C=O) groups is 1. The molecule has 1 atom stereocenters. The first-order valence-corrected chi connectivity index (χ1v) is 12.9. The van der Waals surface area contributed by atoms with Crippen LogP contribution >= 0.6 is 21.0 Å². The van der Waals surface area contributed by atoms with Crippen molar-refractivity contribution in [3.8, 4) is 5.75 Å². The maximum absolute atomic E-state index is 13.7. The normalized spacial score (nSPS) is 12.5. The van der Waals surface area contributed by atoms with Gasteiger partial charge in [0.25, 0.3) is 5.66 Å². The molecule has 36 heavy (non-hydrogen) atoms. The molecule has 0 heterocycles. The van der Waals surface area contributed by atoms with Crippen LogP contribution in [0.3, 0.4) is 0 Å². The third kappa shape index (κ3) is 7.78. The molecule has 0 aliphatic rings. The number of hydrogen-bond acceptors (Lipinski definition) is 3. The quantitative estimate of drug-likeness (QED) is 0.165. The number of halogens is 2. The summed E-state index contributed by atoms with van der Waals surface area (Å²) in [6.07, 6.45) is 4.22. The second-order valence-corrected chi connectivity index (χ2v) is 10.2. The van der Waals surface area contributed by atoms with Gasteiger partial charge < -0.3 is 9.84 Å². The van der Waals surface area contributed by atoms with Gasteiger partial charge >= 0.3 is 5.97 Å². The minimum Gasteiger partial charge on any atom is -0.482 e. The van der Waals surface area contributed by atoms with Gasteiger partial charge in [-0.15, -0.1) is 11.8 Å². The fraction of sp³-hybridized carbons (Fsp3) is 0.207. The molecule has 3 aromatic rings. The van der Waals surface area contributed by atoms with E-state index in [0.29, 0.717) is 11.5 Å². The minimum absolute atomic E-state index is 0.0498. The molecule has 0 bridgehead atoms. The predicted octanol–water partition coefficient (Wildman–Crippen LogP) is 7.97. The Hall–Kier alpha value is -2.95. The van der Waals surface area contributed by atoms with Crippen molar-refractivity contribution in [3.05, 3.63) is 106 Å². The molecule has 188 valence electrons. The number of carboxylic acid groups (broad SMARTS) is 1. The van der Waals surface area contributed by atoms with Gasteiger partial charge in [0, 0.05) is 16.2 Å². The van der Waals surface area contributed by atoms with Crippen molar-refractivity contribution in [1.29, 1.82) is 0 Å². The molecule has 0 aliphatic heterocycles. The Morgan fingerprint density at radius 3 is 2.36 bits per heavy atom. The second kappa shape index (κ2) is 12.3. The lowest BCUT2D eigenvalue weighted by Gasteiger charge is -2.14. The van der Waals surface area contributed by atoms with Crippen LogP contribution in [0.2, 0.25) is 0 Å². The molecule has 0 aromatic heterocycles. The lowest BCUT2D eigenvalue weighted by Crippen LogP contribution is -2.09. The molecule has 0 saturated heterocycles. The number of aryl methyl sites for hydroxylation is 2. The van der Waals surface area contributed by atoms with Crippen molar-refractivity contribution in [2.24, 2.45) is 0 Å². The highest BCUT2D eigenvalue weighted by Gasteiger charge is 2.24. The van der Waals surface area contributed by atoms with Crippen molar-refractivity contribution in [1.82, 2.24) is 0 Å². The van der Waals surface area contributed by atoms with E-state index in [1.54, 1.807) is 39.2 Å². The Morgan fingerprint density at radius 1 is 1.06 bits per heavy atom. The number of carboxylic acids is 1. The highest BCUT2D eigenvalue weighted by molar-refractivity contribution is 7.99. The van der Waals surface area contributed by atoms with Crippen LogP contribution in [0.15, 0.2) is 83.3 Å². The van der Waals surface area contributed by atoms with Crippen LogP contribution < -0.4 is 4.74 Å². The SMILES string of the molecule is CC(=C\c1ccccc1C)/C(=C/CSc1ccc(OCC(=O)O)c(C)c1)c1ccc(C(F)(F)P)cc1. The molecule has 0 spiro atoms. The summed E-state index contributed by atoms with van der Waals surface area (Å²) in [4.78, 5) is 11.8. The largest absolute Gasteiger partial charge is 0.482 e. The molecule has 1 N–H and O–H groups in total. The molecule has 3 nitrogen and oxygen atoms in total. The standard InChI is InChI=1S/C29H29F2O3PS/c1-19-6-4-5-7-23(19)16-20(2)26(22-8-10-24(11-9-22)29(30,31)35)14-15-36-25-12-13-27(21(3)17-25)34-18-28(32)33/h4-14,16-17H,15,18,35H2,1-3H3,(H,32,33)/b20-16+,26-14-. The van der Waals surface area contributed by atoms with Crippen LogP contribution in [-0.4, -0.2) is 23.4 Å². The van der Waals surface area contributed by atoms with Gasteiger partial charge in [0.1, 0.15) is 5.75 Å². The summed E-state index contributed by atoms with van der Waals surface area (Å²) >= 11 is 1.63. The zero-order chi connectivity index (χ0) is 26.3. The van der Waals surface area contributed by atoms with Gasteiger partial charge in [0.2, 0.25) is 0 Å². The van der Waals surface area contributed by atoms with E-state index in [0.717, 1.165) is 38.3 Å². The van der Waals surface area contributed by atoms with E-state index >= 15 is 0 Å². The molecular formula is C29H29F2O3PS. The van der Waals surface area contributed by atoms with E-state index in [1.807, 2.05) is 38.1 Å². The number of allylic oxidation sites excluding steroid dienone is 2. The van der Waals surface area contributed by atoms with Crippen LogP contribution in [0.25, 0.3) is 11.6 Å². The number of aliphatic carboxylic acids is 1. The van der Waals surface area contributed by atoms with E-state index in [1.165, 1.54) is 12.1 Å². The van der Waals surface area contributed by atoms with Crippen LogP contribution in [-0.2, 0) is 10.5 Å². The maximum Gasteiger partial charge on any atom is 0.341 e. The van der Waals surface area contributed by atoms with Gasteiger partial charge in [-0.3, -0.25) is 0 Å². The summed E-state index contributed by atoms with van der Waals surface area (Å²) < 4.78 is 32.7. The van der Waals surface area contributed by atoms with E-state index in [2.05, 4.69) is 31.2 Å². The molecule has 3 aromatic carbocycles. The van der Waals surface area contributed by atoms with Crippen molar-refractivity contribution in [2.75, 3.05) is 12.4 Å². The molecule has 0 amide bonds. The van der Waals surface area contributed by atoms with Gasteiger partial charge in [-0.25, -0.2) is 4.79 Å². The molecular weight excluding hydrogens is 497 g/mol. The average Bonchev–Trinajstić information content (AvgIpc) is 2.82.